The molecule has 1 rings (SSSR count). The topological polar surface area (TPSA) is 29.3 Å². The van der Waals surface area contributed by atoms with Crippen molar-refractivity contribution in [1.82, 2.24) is 4.90 Å². The Kier molecular flexibility index (Phi) is 5.29. The predicted octanol–water partition coefficient (Wildman–Crippen LogP) is 3.51. The van der Waals surface area contributed by atoms with Gasteiger partial charge in [0.25, 0.3) is 0 Å². The van der Waals surface area contributed by atoms with Gasteiger partial charge in [-0.05, 0) is 30.2 Å². The first kappa shape index (κ1) is 13.5. The molecular formula is C13H21BrN2. The quantitative estimate of drug-likeness (QED) is 0.839. The molecule has 90 valence electrons. The maximum Gasteiger partial charge on any atom is 0.0325 e. The van der Waals surface area contributed by atoms with Crippen molar-refractivity contribution in [3.8, 4) is 0 Å². The van der Waals surface area contributed by atoms with E-state index >= 15 is 0 Å². The molecule has 0 aliphatic rings. The molecule has 0 bridgehead atoms. The molecule has 1 aromatic rings. The summed E-state index contributed by atoms with van der Waals surface area (Å²) in [5.41, 5.74) is 7.84. The van der Waals surface area contributed by atoms with Crippen molar-refractivity contribution in [2.45, 2.75) is 27.3 Å². The number of nitrogens with two attached hydrogens (primary N) is 1. The van der Waals surface area contributed by atoms with Gasteiger partial charge in [-0.15, -0.1) is 0 Å². The van der Waals surface area contributed by atoms with Crippen LogP contribution in [0.2, 0.25) is 0 Å². The van der Waals surface area contributed by atoms with Crippen LogP contribution in [-0.4, -0.2) is 18.0 Å². The molecule has 0 unspecified atom stereocenters. The Balaban J connectivity index is 2.70. The number of halogens is 1. The molecule has 3 heteroatoms. The van der Waals surface area contributed by atoms with Gasteiger partial charge in [-0.1, -0.05) is 42.8 Å². The van der Waals surface area contributed by atoms with Crippen molar-refractivity contribution in [2.24, 2.45) is 5.92 Å². The van der Waals surface area contributed by atoms with Crippen LogP contribution in [0.15, 0.2) is 22.7 Å². The van der Waals surface area contributed by atoms with Crippen LogP contribution in [0.1, 0.15) is 26.3 Å². The maximum absolute atomic E-state index is 5.73. The molecule has 0 aromatic heterocycles. The van der Waals surface area contributed by atoms with E-state index in [1.54, 1.807) is 0 Å². The normalized spacial score (nSPS) is 11.4. The van der Waals surface area contributed by atoms with E-state index in [2.05, 4.69) is 47.7 Å². The first-order chi connectivity index (χ1) is 7.52. The number of benzene rings is 1. The Morgan fingerprint density at radius 2 is 2.06 bits per heavy atom. The summed E-state index contributed by atoms with van der Waals surface area (Å²) in [5, 5.41) is 0. The second-order valence-electron chi connectivity index (χ2n) is 4.57. The number of hydrogen-bond acceptors (Lipinski definition) is 2. The summed E-state index contributed by atoms with van der Waals surface area (Å²) in [6.07, 6.45) is 0. The highest BCUT2D eigenvalue weighted by molar-refractivity contribution is 9.10. The SMILES string of the molecule is CCN(Cc1ccc(N)cc1Br)CC(C)C. The summed E-state index contributed by atoms with van der Waals surface area (Å²) in [6.45, 7) is 9.90. The van der Waals surface area contributed by atoms with Gasteiger partial charge in [0.2, 0.25) is 0 Å². The molecule has 0 saturated heterocycles. The van der Waals surface area contributed by atoms with Gasteiger partial charge in [0.15, 0.2) is 0 Å². The number of rotatable bonds is 5. The van der Waals surface area contributed by atoms with E-state index in [1.165, 1.54) is 5.56 Å². The van der Waals surface area contributed by atoms with E-state index in [0.29, 0.717) is 5.92 Å². The first-order valence-corrected chi connectivity index (χ1v) is 6.58. The third-order valence-corrected chi connectivity index (χ3v) is 3.28. The highest BCUT2D eigenvalue weighted by atomic mass is 79.9. The molecule has 0 saturated carbocycles. The summed E-state index contributed by atoms with van der Waals surface area (Å²) >= 11 is 3.56. The van der Waals surface area contributed by atoms with Gasteiger partial charge in [-0.3, -0.25) is 4.90 Å². The molecule has 0 heterocycles. The molecular weight excluding hydrogens is 264 g/mol. The lowest BCUT2D eigenvalue weighted by Crippen LogP contribution is -2.27. The fourth-order valence-corrected chi connectivity index (χ4v) is 2.28. The van der Waals surface area contributed by atoms with E-state index in [1.807, 2.05) is 12.1 Å². The van der Waals surface area contributed by atoms with E-state index in [0.717, 1.165) is 29.8 Å². The summed E-state index contributed by atoms with van der Waals surface area (Å²) in [7, 11) is 0. The second kappa shape index (κ2) is 6.26. The molecule has 0 atom stereocenters. The van der Waals surface area contributed by atoms with Crippen LogP contribution >= 0.6 is 15.9 Å². The van der Waals surface area contributed by atoms with E-state index in [-0.39, 0.29) is 0 Å². The summed E-state index contributed by atoms with van der Waals surface area (Å²) in [6, 6.07) is 6.03. The zero-order valence-corrected chi connectivity index (χ0v) is 11.9. The van der Waals surface area contributed by atoms with Crippen molar-refractivity contribution in [3.05, 3.63) is 28.2 Å². The van der Waals surface area contributed by atoms with Crippen LogP contribution < -0.4 is 5.73 Å². The molecule has 0 aliphatic carbocycles. The van der Waals surface area contributed by atoms with E-state index in [4.69, 9.17) is 5.73 Å². The van der Waals surface area contributed by atoms with Crippen molar-refractivity contribution in [1.29, 1.82) is 0 Å². The minimum atomic E-state index is 0.701. The van der Waals surface area contributed by atoms with Crippen molar-refractivity contribution >= 4 is 21.6 Å². The van der Waals surface area contributed by atoms with Gasteiger partial charge in [0, 0.05) is 23.2 Å². The zero-order valence-electron chi connectivity index (χ0n) is 10.3. The summed E-state index contributed by atoms with van der Waals surface area (Å²) in [4.78, 5) is 2.45. The van der Waals surface area contributed by atoms with Crippen LogP contribution in [-0.2, 0) is 6.54 Å². The van der Waals surface area contributed by atoms with Gasteiger partial charge < -0.3 is 5.73 Å². The number of anilines is 1. The number of nitrogen functional groups attached to an aromatic ring is 1. The van der Waals surface area contributed by atoms with Crippen molar-refractivity contribution in [3.63, 3.8) is 0 Å². The number of hydrogen-bond donors (Lipinski definition) is 1. The second-order valence-corrected chi connectivity index (χ2v) is 5.43. The molecule has 0 amide bonds. The largest absolute Gasteiger partial charge is 0.399 e. The molecule has 0 spiro atoms. The van der Waals surface area contributed by atoms with E-state index in [9.17, 15) is 0 Å². The fraction of sp³-hybridized carbons (Fsp3) is 0.538. The smallest absolute Gasteiger partial charge is 0.0325 e. The standard InChI is InChI=1S/C13H21BrN2/c1-4-16(8-10(2)3)9-11-5-6-12(15)7-13(11)14/h5-7,10H,4,8-9,15H2,1-3H3. The van der Waals surface area contributed by atoms with Gasteiger partial charge in [-0.25, -0.2) is 0 Å². The van der Waals surface area contributed by atoms with Crippen molar-refractivity contribution < 1.29 is 0 Å². The zero-order chi connectivity index (χ0) is 12.1. The Bertz CT molecular complexity index is 337. The Hall–Kier alpha value is -0.540. The Labute approximate surface area is 107 Å². The third-order valence-electron chi connectivity index (χ3n) is 2.54. The first-order valence-electron chi connectivity index (χ1n) is 5.79. The average molecular weight is 285 g/mol. The Morgan fingerprint density at radius 1 is 1.38 bits per heavy atom. The van der Waals surface area contributed by atoms with Gasteiger partial charge in [0.05, 0.1) is 0 Å². The monoisotopic (exact) mass is 284 g/mol. The summed E-state index contributed by atoms with van der Waals surface area (Å²) in [5.74, 6) is 0.701. The minimum Gasteiger partial charge on any atom is -0.399 e. The molecule has 16 heavy (non-hydrogen) atoms. The highest BCUT2D eigenvalue weighted by Crippen LogP contribution is 2.21. The van der Waals surface area contributed by atoms with Crippen molar-refractivity contribution in [2.75, 3.05) is 18.8 Å². The predicted molar refractivity (Wildman–Crippen MR) is 74.3 cm³/mol. The molecule has 0 aliphatic heterocycles. The van der Waals surface area contributed by atoms with Crippen LogP contribution in [0.3, 0.4) is 0 Å². The summed E-state index contributed by atoms with van der Waals surface area (Å²) < 4.78 is 1.11. The van der Waals surface area contributed by atoms with Crippen LogP contribution in [0.4, 0.5) is 5.69 Å². The lowest BCUT2D eigenvalue weighted by molar-refractivity contribution is 0.248. The van der Waals surface area contributed by atoms with Gasteiger partial charge >= 0.3 is 0 Å². The highest BCUT2D eigenvalue weighted by Gasteiger charge is 2.08. The lowest BCUT2D eigenvalue weighted by atomic mass is 10.1. The van der Waals surface area contributed by atoms with E-state index < -0.39 is 0 Å². The maximum atomic E-state index is 5.73. The minimum absolute atomic E-state index is 0.701. The fourth-order valence-electron chi connectivity index (χ4n) is 1.75. The van der Waals surface area contributed by atoms with Crippen LogP contribution in [0.25, 0.3) is 0 Å². The van der Waals surface area contributed by atoms with Gasteiger partial charge in [-0.2, -0.15) is 0 Å². The molecule has 0 fully saturated rings. The number of nitrogens with zero attached hydrogens (tertiary/aromatic N) is 1. The third kappa shape index (κ3) is 4.14. The van der Waals surface area contributed by atoms with Crippen LogP contribution in [0.5, 0.6) is 0 Å². The Morgan fingerprint density at radius 3 is 2.56 bits per heavy atom. The van der Waals surface area contributed by atoms with Crippen LogP contribution in [0, 0.1) is 5.92 Å². The molecule has 1 aromatic carbocycles. The van der Waals surface area contributed by atoms with Gasteiger partial charge in [0.1, 0.15) is 0 Å². The molecule has 0 radical (unpaired) electrons. The lowest BCUT2D eigenvalue weighted by Gasteiger charge is -2.23. The molecule has 2 nitrogen and oxygen atoms in total. The molecule has 2 N–H and O–H groups in total. The average Bonchev–Trinajstić information content (AvgIpc) is 2.20.